The highest BCUT2D eigenvalue weighted by atomic mass is 32.2. The number of anilines is 1. The summed E-state index contributed by atoms with van der Waals surface area (Å²) in [6, 6.07) is 18.0. The Kier molecular flexibility index (Phi) is 5.65. The Bertz CT molecular complexity index is 1020. The fourth-order valence-corrected chi connectivity index (χ4v) is 3.25. The average molecular weight is 403 g/mol. The van der Waals surface area contributed by atoms with Crippen molar-refractivity contribution in [3.05, 3.63) is 83.9 Å². The van der Waals surface area contributed by atoms with Crippen LogP contribution in [0.15, 0.2) is 77.7 Å². The lowest BCUT2D eigenvalue weighted by Crippen LogP contribution is -2.14. The first-order valence-corrected chi connectivity index (χ1v) is 9.83. The number of benzene rings is 3. The van der Waals surface area contributed by atoms with Crippen LogP contribution in [-0.4, -0.2) is 16.4 Å². The van der Waals surface area contributed by atoms with Crippen LogP contribution in [0.25, 0.3) is 11.1 Å². The molecule has 0 saturated carbocycles. The van der Waals surface area contributed by atoms with Crippen LogP contribution in [0.1, 0.15) is 15.9 Å². The maximum Gasteiger partial charge on any atom is 0.417 e. The Balaban J connectivity index is 1.90. The van der Waals surface area contributed by atoms with Gasteiger partial charge in [-0.2, -0.15) is 13.2 Å². The Hall–Kier alpha value is -2.93. The van der Waals surface area contributed by atoms with Gasteiger partial charge >= 0.3 is 6.18 Å². The van der Waals surface area contributed by atoms with Crippen LogP contribution in [0.5, 0.6) is 0 Å². The van der Waals surface area contributed by atoms with Crippen LogP contribution in [0.2, 0.25) is 0 Å². The number of hydrogen-bond acceptors (Lipinski definition) is 2. The molecule has 0 fully saturated rings. The quantitative estimate of drug-likeness (QED) is 0.637. The van der Waals surface area contributed by atoms with Gasteiger partial charge in [-0.3, -0.25) is 9.00 Å². The molecule has 0 saturated heterocycles. The zero-order chi connectivity index (χ0) is 20.3. The van der Waals surface area contributed by atoms with E-state index < -0.39 is 28.4 Å². The molecule has 1 atom stereocenters. The van der Waals surface area contributed by atoms with Crippen molar-refractivity contribution in [2.45, 2.75) is 11.1 Å². The molecule has 0 aliphatic heterocycles. The summed E-state index contributed by atoms with van der Waals surface area (Å²) < 4.78 is 52.1. The minimum atomic E-state index is -4.57. The normalized spacial score (nSPS) is 12.4. The van der Waals surface area contributed by atoms with E-state index in [1.165, 1.54) is 30.5 Å². The number of amides is 1. The molecule has 3 rings (SSSR count). The monoisotopic (exact) mass is 403 g/mol. The van der Waals surface area contributed by atoms with E-state index in [2.05, 4.69) is 5.32 Å². The first-order valence-electron chi connectivity index (χ1n) is 8.27. The van der Waals surface area contributed by atoms with Crippen molar-refractivity contribution in [2.24, 2.45) is 0 Å². The predicted molar refractivity (Wildman–Crippen MR) is 104 cm³/mol. The van der Waals surface area contributed by atoms with Crippen molar-refractivity contribution in [3.63, 3.8) is 0 Å². The number of hydrogen-bond donors (Lipinski definition) is 1. The molecule has 144 valence electrons. The number of halogens is 3. The lowest BCUT2D eigenvalue weighted by Gasteiger charge is -2.15. The van der Waals surface area contributed by atoms with Crippen LogP contribution in [0, 0.1) is 0 Å². The van der Waals surface area contributed by atoms with Gasteiger partial charge in [0.2, 0.25) is 0 Å². The zero-order valence-electron chi connectivity index (χ0n) is 14.8. The van der Waals surface area contributed by atoms with Crippen LogP contribution >= 0.6 is 0 Å². The van der Waals surface area contributed by atoms with Gasteiger partial charge in [0, 0.05) is 33.2 Å². The average Bonchev–Trinajstić information content (AvgIpc) is 2.68. The molecular formula is C21H16F3NO2S. The van der Waals surface area contributed by atoms with E-state index >= 15 is 0 Å². The summed E-state index contributed by atoms with van der Waals surface area (Å²) >= 11 is 0. The number of carbonyl (C=O) groups excluding carboxylic acids is 1. The van der Waals surface area contributed by atoms with Crippen molar-refractivity contribution in [1.29, 1.82) is 0 Å². The van der Waals surface area contributed by atoms with Gasteiger partial charge in [-0.05, 0) is 47.5 Å². The highest BCUT2D eigenvalue weighted by molar-refractivity contribution is 7.84. The molecule has 28 heavy (non-hydrogen) atoms. The molecule has 0 spiro atoms. The van der Waals surface area contributed by atoms with E-state index in [4.69, 9.17) is 0 Å². The van der Waals surface area contributed by atoms with Crippen molar-refractivity contribution < 1.29 is 22.2 Å². The van der Waals surface area contributed by atoms with Gasteiger partial charge < -0.3 is 5.32 Å². The molecule has 0 radical (unpaired) electrons. The van der Waals surface area contributed by atoms with Gasteiger partial charge in [-0.1, -0.05) is 36.4 Å². The number of alkyl halides is 3. The number of nitrogens with one attached hydrogen (secondary N) is 1. The molecule has 3 aromatic carbocycles. The molecule has 1 amide bonds. The molecule has 3 aromatic rings. The minimum absolute atomic E-state index is 0.0418. The van der Waals surface area contributed by atoms with Crippen LogP contribution in [-0.2, 0) is 17.0 Å². The highest BCUT2D eigenvalue weighted by Crippen LogP contribution is 2.38. The van der Waals surface area contributed by atoms with E-state index in [9.17, 15) is 22.2 Å². The molecule has 0 heterocycles. The number of rotatable bonds is 4. The van der Waals surface area contributed by atoms with E-state index in [1.807, 2.05) is 0 Å². The van der Waals surface area contributed by atoms with Crippen LogP contribution < -0.4 is 5.32 Å². The summed E-state index contributed by atoms with van der Waals surface area (Å²) in [4.78, 5) is 12.9. The van der Waals surface area contributed by atoms with Gasteiger partial charge in [-0.15, -0.1) is 0 Å². The van der Waals surface area contributed by atoms with Crippen molar-refractivity contribution in [2.75, 3.05) is 11.6 Å². The topological polar surface area (TPSA) is 46.2 Å². The zero-order valence-corrected chi connectivity index (χ0v) is 15.6. The second-order valence-corrected chi connectivity index (χ2v) is 7.44. The molecule has 0 aliphatic carbocycles. The predicted octanol–water partition coefficient (Wildman–Crippen LogP) is 5.36. The fourth-order valence-electron chi connectivity index (χ4n) is 2.73. The first-order chi connectivity index (χ1) is 13.3. The van der Waals surface area contributed by atoms with E-state index in [1.54, 1.807) is 42.5 Å². The van der Waals surface area contributed by atoms with Crippen LogP contribution in [0.4, 0.5) is 18.9 Å². The second kappa shape index (κ2) is 7.98. The summed E-state index contributed by atoms with van der Waals surface area (Å²) in [5, 5.41) is 2.48. The lowest BCUT2D eigenvalue weighted by molar-refractivity contribution is -0.137. The summed E-state index contributed by atoms with van der Waals surface area (Å²) in [7, 11) is -1.18. The summed E-state index contributed by atoms with van der Waals surface area (Å²) in [6.07, 6.45) is -3.05. The highest BCUT2D eigenvalue weighted by Gasteiger charge is 2.34. The van der Waals surface area contributed by atoms with Crippen molar-refractivity contribution in [1.82, 2.24) is 0 Å². The molecule has 7 heteroatoms. The molecular weight excluding hydrogens is 387 g/mol. The Labute approximate surface area is 162 Å². The SMILES string of the molecule is C[S@@](=O)c1ccc(C(=O)Nc2ccc(-c3ccccc3)c(C(F)(F)F)c2)cc1. The van der Waals surface area contributed by atoms with Gasteiger partial charge in [0.15, 0.2) is 0 Å². The summed E-state index contributed by atoms with van der Waals surface area (Å²) in [5.74, 6) is -0.547. The molecule has 0 bridgehead atoms. The van der Waals surface area contributed by atoms with Gasteiger partial charge in [0.1, 0.15) is 0 Å². The second-order valence-electron chi connectivity index (χ2n) is 6.06. The third kappa shape index (κ3) is 4.48. The van der Waals surface area contributed by atoms with Gasteiger partial charge in [-0.25, -0.2) is 0 Å². The summed E-state index contributed by atoms with van der Waals surface area (Å²) in [5.41, 5.74) is -0.0417. The third-order valence-corrected chi connectivity index (χ3v) is 5.05. The Morgan fingerprint density at radius 1 is 0.929 bits per heavy atom. The van der Waals surface area contributed by atoms with E-state index in [-0.39, 0.29) is 16.8 Å². The lowest BCUT2D eigenvalue weighted by atomic mass is 9.98. The minimum Gasteiger partial charge on any atom is -0.322 e. The fraction of sp³-hybridized carbons (Fsp3) is 0.0952. The molecule has 0 aromatic heterocycles. The van der Waals surface area contributed by atoms with Gasteiger partial charge in [0.25, 0.3) is 5.91 Å². The van der Waals surface area contributed by atoms with Crippen molar-refractivity contribution >= 4 is 22.4 Å². The van der Waals surface area contributed by atoms with Gasteiger partial charge in [0.05, 0.1) is 5.56 Å². The van der Waals surface area contributed by atoms with E-state index in [0.717, 1.165) is 6.07 Å². The number of carbonyl (C=O) groups is 1. The Morgan fingerprint density at radius 3 is 2.14 bits per heavy atom. The third-order valence-electron chi connectivity index (χ3n) is 4.12. The Morgan fingerprint density at radius 2 is 1.57 bits per heavy atom. The standard InChI is InChI=1S/C21H16F3NO2S/c1-28(27)17-10-7-15(8-11-17)20(26)25-16-9-12-18(14-5-3-2-4-6-14)19(13-16)21(22,23)24/h2-13H,1H3,(H,25,26)/t28-/m1/s1. The smallest absolute Gasteiger partial charge is 0.322 e. The maximum atomic E-state index is 13.6. The summed E-state index contributed by atoms with van der Waals surface area (Å²) in [6.45, 7) is 0. The largest absolute Gasteiger partial charge is 0.417 e. The maximum absolute atomic E-state index is 13.6. The molecule has 0 unspecified atom stereocenters. The van der Waals surface area contributed by atoms with E-state index in [0.29, 0.717) is 10.5 Å². The molecule has 1 N–H and O–H groups in total. The van der Waals surface area contributed by atoms with Crippen LogP contribution in [0.3, 0.4) is 0 Å². The first kappa shape index (κ1) is 19.8. The molecule has 3 nitrogen and oxygen atoms in total. The molecule has 0 aliphatic rings. The van der Waals surface area contributed by atoms with Crippen molar-refractivity contribution in [3.8, 4) is 11.1 Å².